The topological polar surface area (TPSA) is 30.9 Å². The van der Waals surface area contributed by atoms with Gasteiger partial charge in [-0.3, -0.25) is 4.99 Å². The molecule has 0 radical (unpaired) electrons. The van der Waals surface area contributed by atoms with Crippen LogP contribution in [0.2, 0.25) is 0 Å². The Morgan fingerprint density at radius 3 is 2.59 bits per heavy atom. The number of nitrogens with zero attached hydrogens (tertiary/aromatic N) is 3. The summed E-state index contributed by atoms with van der Waals surface area (Å²) >= 11 is 1.99. The summed E-state index contributed by atoms with van der Waals surface area (Å²) in [6.07, 6.45) is 5.48. The molecular formula is C21H33IN4S. The molecule has 2 heterocycles. The van der Waals surface area contributed by atoms with Crippen molar-refractivity contribution in [3.63, 3.8) is 0 Å². The summed E-state index contributed by atoms with van der Waals surface area (Å²) in [5.41, 5.74) is 0. The zero-order chi connectivity index (χ0) is 17.8. The van der Waals surface area contributed by atoms with Gasteiger partial charge < -0.3 is 15.1 Å². The maximum absolute atomic E-state index is 4.56. The number of hydrogen-bond acceptors (Lipinski definition) is 3. The van der Waals surface area contributed by atoms with Crippen molar-refractivity contribution in [2.45, 2.75) is 36.6 Å². The lowest BCUT2D eigenvalue weighted by Crippen LogP contribution is -2.42. The molecule has 4 rings (SSSR count). The standard InChI is InChI=1S/C21H32N4S.HI/c1-22-21(23-13-17-9-11-24(14-17)19-7-8-19)25-12-10-18(15-25)16-26-20-5-3-2-4-6-20;/h2-6,17-19H,7-16H2,1H3,(H,22,23);1H. The summed E-state index contributed by atoms with van der Waals surface area (Å²) in [6, 6.07) is 11.7. The average Bonchev–Trinajstić information content (AvgIpc) is 3.24. The lowest BCUT2D eigenvalue weighted by Gasteiger charge is -2.23. The fraction of sp³-hybridized carbons (Fsp3) is 0.667. The number of aliphatic imine (C=N–C) groups is 1. The first-order chi connectivity index (χ1) is 12.8. The molecule has 4 nitrogen and oxygen atoms in total. The highest BCUT2D eigenvalue weighted by molar-refractivity contribution is 14.0. The number of guanidine groups is 1. The molecule has 1 N–H and O–H groups in total. The smallest absolute Gasteiger partial charge is 0.193 e. The molecule has 1 aromatic carbocycles. The number of nitrogens with one attached hydrogen (secondary N) is 1. The molecular weight excluding hydrogens is 467 g/mol. The van der Waals surface area contributed by atoms with Gasteiger partial charge in [-0.1, -0.05) is 18.2 Å². The summed E-state index contributed by atoms with van der Waals surface area (Å²) in [5, 5.41) is 3.67. The van der Waals surface area contributed by atoms with Crippen molar-refractivity contribution in [3.05, 3.63) is 30.3 Å². The normalized spacial score (nSPS) is 26.3. The fourth-order valence-electron chi connectivity index (χ4n) is 4.26. The van der Waals surface area contributed by atoms with E-state index < -0.39 is 0 Å². The molecule has 2 saturated heterocycles. The van der Waals surface area contributed by atoms with Gasteiger partial charge in [0.2, 0.25) is 0 Å². The van der Waals surface area contributed by atoms with Crippen LogP contribution < -0.4 is 5.32 Å². The van der Waals surface area contributed by atoms with Gasteiger partial charge in [0.15, 0.2) is 5.96 Å². The summed E-state index contributed by atoms with van der Waals surface area (Å²) < 4.78 is 0. The lowest BCUT2D eigenvalue weighted by molar-refractivity contribution is 0.313. The van der Waals surface area contributed by atoms with E-state index in [2.05, 4.69) is 50.4 Å². The van der Waals surface area contributed by atoms with E-state index in [1.165, 1.54) is 49.4 Å². The Hall–Kier alpha value is -0.470. The van der Waals surface area contributed by atoms with Crippen molar-refractivity contribution in [3.8, 4) is 0 Å². The summed E-state index contributed by atoms with van der Waals surface area (Å²) in [5.74, 6) is 3.87. The summed E-state index contributed by atoms with van der Waals surface area (Å²) in [4.78, 5) is 11.1. The van der Waals surface area contributed by atoms with Gasteiger partial charge in [-0.15, -0.1) is 35.7 Å². The number of benzene rings is 1. The molecule has 2 unspecified atom stereocenters. The zero-order valence-corrected chi connectivity index (χ0v) is 19.5. The van der Waals surface area contributed by atoms with Crippen LogP contribution in [0.1, 0.15) is 25.7 Å². The Morgan fingerprint density at radius 1 is 1.07 bits per heavy atom. The largest absolute Gasteiger partial charge is 0.356 e. The van der Waals surface area contributed by atoms with Gasteiger partial charge in [0, 0.05) is 49.9 Å². The van der Waals surface area contributed by atoms with Crippen molar-refractivity contribution in [2.24, 2.45) is 16.8 Å². The van der Waals surface area contributed by atoms with E-state index in [0.717, 1.165) is 43.5 Å². The number of halogens is 1. The molecule has 3 fully saturated rings. The molecule has 2 atom stereocenters. The third-order valence-electron chi connectivity index (χ3n) is 5.96. The molecule has 150 valence electrons. The average molecular weight is 500 g/mol. The SMILES string of the molecule is CN=C(NCC1CCN(C2CC2)C1)N1CCC(CSc2ccccc2)C1.I. The molecule has 0 amide bonds. The van der Waals surface area contributed by atoms with Gasteiger partial charge in [-0.2, -0.15) is 0 Å². The van der Waals surface area contributed by atoms with Gasteiger partial charge in [0.1, 0.15) is 0 Å². The van der Waals surface area contributed by atoms with E-state index in [1.807, 2.05) is 18.8 Å². The summed E-state index contributed by atoms with van der Waals surface area (Å²) in [6.45, 7) is 5.94. The van der Waals surface area contributed by atoms with E-state index >= 15 is 0 Å². The van der Waals surface area contributed by atoms with E-state index in [4.69, 9.17) is 0 Å². The first kappa shape index (κ1) is 21.2. The van der Waals surface area contributed by atoms with Crippen LogP contribution in [0.4, 0.5) is 0 Å². The van der Waals surface area contributed by atoms with E-state index in [-0.39, 0.29) is 24.0 Å². The maximum Gasteiger partial charge on any atom is 0.193 e. The van der Waals surface area contributed by atoms with Crippen LogP contribution in [0.25, 0.3) is 0 Å². The van der Waals surface area contributed by atoms with Crippen LogP contribution in [0, 0.1) is 11.8 Å². The number of rotatable bonds is 6. The van der Waals surface area contributed by atoms with Crippen molar-refractivity contribution < 1.29 is 0 Å². The number of thioether (sulfide) groups is 1. The predicted octanol–water partition coefficient (Wildman–Crippen LogP) is 3.78. The Bertz CT molecular complexity index is 607. The third-order valence-corrected chi connectivity index (χ3v) is 7.20. The van der Waals surface area contributed by atoms with Crippen LogP contribution in [0.15, 0.2) is 40.2 Å². The first-order valence-electron chi connectivity index (χ1n) is 10.2. The molecule has 27 heavy (non-hydrogen) atoms. The van der Waals surface area contributed by atoms with E-state index in [1.54, 1.807) is 0 Å². The van der Waals surface area contributed by atoms with Crippen molar-refractivity contribution in [1.82, 2.24) is 15.1 Å². The molecule has 0 bridgehead atoms. The van der Waals surface area contributed by atoms with E-state index in [9.17, 15) is 0 Å². The minimum absolute atomic E-state index is 0. The highest BCUT2D eigenvalue weighted by Crippen LogP contribution is 2.31. The molecule has 6 heteroatoms. The minimum Gasteiger partial charge on any atom is -0.356 e. The quantitative estimate of drug-likeness (QED) is 0.279. The summed E-state index contributed by atoms with van der Waals surface area (Å²) in [7, 11) is 1.93. The van der Waals surface area contributed by atoms with Crippen LogP contribution in [0.5, 0.6) is 0 Å². The minimum atomic E-state index is 0. The van der Waals surface area contributed by atoms with Crippen molar-refractivity contribution in [1.29, 1.82) is 0 Å². The Morgan fingerprint density at radius 2 is 1.85 bits per heavy atom. The van der Waals surface area contributed by atoms with Gasteiger partial charge in [0.05, 0.1) is 0 Å². The second kappa shape index (κ2) is 10.3. The maximum atomic E-state index is 4.56. The van der Waals surface area contributed by atoms with Gasteiger partial charge in [-0.25, -0.2) is 0 Å². The lowest BCUT2D eigenvalue weighted by atomic mass is 10.1. The van der Waals surface area contributed by atoms with Crippen molar-refractivity contribution in [2.75, 3.05) is 45.5 Å². The predicted molar refractivity (Wildman–Crippen MR) is 126 cm³/mol. The number of likely N-dealkylation sites (tertiary alicyclic amines) is 2. The zero-order valence-electron chi connectivity index (χ0n) is 16.3. The molecule has 0 aromatic heterocycles. The van der Waals surface area contributed by atoms with Crippen LogP contribution in [-0.4, -0.2) is 67.3 Å². The molecule has 2 aliphatic heterocycles. The monoisotopic (exact) mass is 500 g/mol. The highest BCUT2D eigenvalue weighted by atomic mass is 127. The molecule has 3 aliphatic rings. The second-order valence-electron chi connectivity index (χ2n) is 8.03. The van der Waals surface area contributed by atoms with Gasteiger partial charge >= 0.3 is 0 Å². The van der Waals surface area contributed by atoms with Crippen LogP contribution in [-0.2, 0) is 0 Å². The second-order valence-corrected chi connectivity index (χ2v) is 9.13. The fourth-order valence-corrected chi connectivity index (χ4v) is 5.31. The number of hydrogen-bond donors (Lipinski definition) is 1. The third kappa shape index (κ3) is 6.00. The molecule has 1 aliphatic carbocycles. The van der Waals surface area contributed by atoms with E-state index in [0.29, 0.717) is 0 Å². The van der Waals surface area contributed by atoms with Crippen LogP contribution in [0.3, 0.4) is 0 Å². The van der Waals surface area contributed by atoms with Crippen LogP contribution >= 0.6 is 35.7 Å². The molecule has 1 saturated carbocycles. The van der Waals surface area contributed by atoms with Gasteiger partial charge in [0.25, 0.3) is 0 Å². The Kier molecular flexibility index (Phi) is 8.14. The Balaban J connectivity index is 0.00000210. The highest BCUT2D eigenvalue weighted by Gasteiger charge is 2.34. The first-order valence-corrected chi connectivity index (χ1v) is 11.2. The van der Waals surface area contributed by atoms with Gasteiger partial charge in [-0.05, 0) is 56.2 Å². The van der Waals surface area contributed by atoms with Crippen molar-refractivity contribution >= 4 is 41.7 Å². The Labute approximate surface area is 185 Å². The molecule has 0 spiro atoms. The molecule has 1 aromatic rings.